The van der Waals surface area contributed by atoms with Crippen LogP contribution in [-0.2, 0) is 4.79 Å². The zero-order valence-electron chi connectivity index (χ0n) is 9.92. The van der Waals surface area contributed by atoms with E-state index in [1.54, 1.807) is 13.0 Å². The number of carbonyl (C=O) groups is 1. The van der Waals surface area contributed by atoms with Crippen LogP contribution in [0.4, 0.5) is 10.1 Å². The molecule has 1 aliphatic heterocycles. The van der Waals surface area contributed by atoms with Crippen molar-refractivity contribution in [1.82, 2.24) is 5.32 Å². The normalized spacial score (nSPS) is 20.0. The quantitative estimate of drug-likeness (QED) is 0.826. The summed E-state index contributed by atoms with van der Waals surface area (Å²) in [6, 6.07) is 4.26. The third-order valence-electron chi connectivity index (χ3n) is 3.07. The van der Waals surface area contributed by atoms with Crippen molar-refractivity contribution in [1.29, 1.82) is 0 Å². The average Bonchev–Trinajstić information content (AvgIpc) is 2.34. The highest BCUT2D eigenvalue weighted by Gasteiger charge is 2.20. The lowest BCUT2D eigenvalue weighted by molar-refractivity contribution is -0.118. The SMILES string of the molecule is Cc1cc(F)ccc1NC(=O)[C@@H]1CCCCN1. The summed E-state index contributed by atoms with van der Waals surface area (Å²) in [5.41, 5.74) is 1.43. The van der Waals surface area contributed by atoms with Crippen LogP contribution in [0.1, 0.15) is 24.8 Å². The topological polar surface area (TPSA) is 41.1 Å². The van der Waals surface area contributed by atoms with E-state index >= 15 is 0 Å². The number of piperidine rings is 1. The van der Waals surface area contributed by atoms with Crippen LogP contribution in [0.2, 0.25) is 0 Å². The highest BCUT2D eigenvalue weighted by molar-refractivity contribution is 5.95. The van der Waals surface area contributed by atoms with Crippen LogP contribution in [0.5, 0.6) is 0 Å². The molecule has 4 heteroatoms. The Hall–Kier alpha value is -1.42. The van der Waals surface area contributed by atoms with E-state index in [1.807, 2.05) is 0 Å². The summed E-state index contributed by atoms with van der Waals surface area (Å²) in [5.74, 6) is -0.310. The fourth-order valence-corrected chi connectivity index (χ4v) is 2.06. The van der Waals surface area contributed by atoms with E-state index in [0.29, 0.717) is 5.69 Å². The molecule has 1 aromatic rings. The fraction of sp³-hybridized carbons (Fsp3) is 0.462. The van der Waals surface area contributed by atoms with Crippen LogP contribution in [0.15, 0.2) is 18.2 Å². The molecule has 1 fully saturated rings. The summed E-state index contributed by atoms with van der Waals surface area (Å²) in [6.45, 7) is 2.67. The van der Waals surface area contributed by atoms with Gasteiger partial charge < -0.3 is 10.6 Å². The second kappa shape index (κ2) is 5.27. The fourth-order valence-electron chi connectivity index (χ4n) is 2.06. The minimum atomic E-state index is -0.281. The number of carbonyl (C=O) groups excluding carboxylic acids is 1. The third-order valence-corrected chi connectivity index (χ3v) is 3.07. The van der Waals surface area contributed by atoms with Crippen molar-refractivity contribution in [2.24, 2.45) is 0 Å². The number of aryl methyl sites for hydroxylation is 1. The summed E-state index contributed by atoms with van der Waals surface area (Å²) in [5, 5.41) is 6.02. The Labute approximate surface area is 100 Å². The molecular weight excluding hydrogens is 219 g/mol. The maximum atomic E-state index is 12.9. The van der Waals surface area contributed by atoms with Crippen molar-refractivity contribution in [3.63, 3.8) is 0 Å². The van der Waals surface area contributed by atoms with Gasteiger partial charge in [-0.3, -0.25) is 4.79 Å². The van der Waals surface area contributed by atoms with E-state index in [-0.39, 0.29) is 17.8 Å². The van der Waals surface area contributed by atoms with Crippen LogP contribution in [0.25, 0.3) is 0 Å². The lowest BCUT2D eigenvalue weighted by Crippen LogP contribution is -2.43. The van der Waals surface area contributed by atoms with Gasteiger partial charge in [0.05, 0.1) is 6.04 Å². The smallest absolute Gasteiger partial charge is 0.241 e. The largest absolute Gasteiger partial charge is 0.324 e. The average molecular weight is 236 g/mol. The third kappa shape index (κ3) is 3.03. The van der Waals surface area contributed by atoms with Gasteiger partial charge in [0, 0.05) is 5.69 Å². The molecule has 1 saturated heterocycles. The minimum absolute atomic E-state index is 0.0283. The number of halogens is 1. The first-order valence-corrected chi connectivity index (χ1v) is 5.97. The molecule has 0 aromatic heterocycles. The Morgan fingerprint density at radius 2 is 2.29 bits per heavy atom. The highest BCUT2D eigenvalue weighted by atomic mass is 19.1. The number of anilines is 1. The molecular formula is C13H17FN2O. The van der Waals surface area contributed by atoms with E-state index in [2.05, 4.69) is 10.6 Å². The molecule has 0 radical (unpaired) electrons. The van der Waals surface area contributed by atoms with Gasteiger partial charge in [-0.25, -0.2) is 4.39 Å². The van der Waals surface area contributed by atoms with Crippen LogP contribution in [0.3, 0.4) is 0 Å². The van der Waals surface area contributed by atoms with Gasteiger partial charge in [0.15, 0.2) is 0 Å². The maximum absolute atomic E-state index is 12.9. The van der Waals surface area contributed by atoms with E-state index in [9.17, 15) is 9.18 Å². The summed E-state index contributed by atoms with van der Waals surface area (Å²) < 4.78 is 12.9. The molecule has 0 spiro atoms. The predicted octanol–water partition coefficient (Wildman–Crippen LogP) is 2.21. The first-order chi connectivity index (χ1) is 8.16. The number of hydrogen-bond donors (Lipinski definition) is 2. The predicted molar refractivity (Wildman–Crippen MR) is 65.4 cm³/mol. The molecule has 1 amide bonds. The Kier molecular flexibility index (Phi) is 3.74. The van der Waals surface area contributed by atoms with Gasteiger partial charge in [0.1, 0.15) is 5.82 Å². The monoisotopic (exact) mass is 236 g/mol. The zero-order valence-corrected chi connectivity index (χ0v) is 9.92. The van der Waals surface area contributed by atoms with E-state index in [0.717, 1.165) is 31.4 Å². The Balaban J connectivity index is 2.02. The number of nitrogens with one attached hydrogen (secondary N) is 2. The van der Waals surface area contributed by atoms with Crippen LogP contribution < -0.4 is 10.6 Å². The first-order valence-electron chi connectivity index (χ1n) is 5.97. The van der Waals surface area contributed by atoms with Crippen molar-refractivity contribution >= 4 is 11.6 Å². The van der Waals surface area contributed by atoms with Gasteiger partial charge in [0.2, 0.25) is 5.91 Å². The maximum Gasteiger partial charge on any atom is 0.241 e. The lowest BCUT2D eigenvalue weighted by atomic mass is 10.0. The summed E-state index contributed by atoms with van der Waals surface area (Å²) in [6.07, 6.45) is 3.07. The minimum Gasteiger partial charge on any atom is -0.324 e. The molecule has 1 atom stereocenters. The number of hydrogen-bond acceptors (Lipinski definition) is 2. The van der Waals surface area contributed by atoms with E-state index in [1.165, 1.54) is 12.1 Å². The van der Waals surface area contributed by atoms with Gasteiger partial charge in [-0.2, -0.15) is 0 Å². The molecule has 0 aliphatic carbocycles. The molecule has 1 aliphatic rings. The number of amides is 1. The lowest BCUT2D eigenvalue weighted by Gasteiger charge is -2.22. The van der Waals surface area contributed by atoms with E-state index < -0.39 is 0 Å². The molecule has 0 saturated carbocycles. The van der Waals surface area contributed by atoms with E-state index in [4.69, 9.17) is 0 Å². The van der Waals surface area contributed by atoms with Gasteiger partial charge in [-0.15, -0.1) is 0 Å². The van der Waals surface area contributed by atoms with Crippen LogP contribution in [0, 0.1) is 12.7 Å². The van der Waals surface area contributed by atoms with Gasteiger partial charge in [0.25, 0.3) is 0 Å². The first kappa shape index (κ1) is 12.0. The van der Waals surface area contributed by atoms with Gasteiger partial charge in [-0.05, 0) is 50.1 Å². The van der Waals surface area contributed by atoms with Crippen LogP contribution >= 0.6 is 0 Å². The molecule has 2 rings (SSSR count). The highest BCUT2D eigenvalue weighted by Crippen LogP contribution is 2.17. The van der Waals surface area contributed by atoms with Crippen molar-refractivity contribution in [3.05, 3.63) is 29.6 Å². The second-order valence-corrected chi connectivity index (χ2v) is 4.45. The molecule has 92 valence electrons. The van der Waals surface area contributed by atoms with Crippen molar-refractivity contribution in [2.75, 3.05) is 11.9 Å². The Bertz CT molecular complexity index is 414. The molecule has 3 nitrogen and oxygen atoms in total. The standard InChI is InChI=1S/C13H17FN2O/c1-9-8-10(14)5-6-11(9)16-13(17)12-4-2-3-7-15-12/h5-6,8,12,15H,2-4,7H2,1H3,(H,16,17)/t12-/m0/s1. The Morgan fingerprint density at radius 3 is 2.94 bits per heavy atom. The summed E-state index contributed by atoms with van der Waals surface area (Å²) >= 11 is 0. The van der Waals surface area contributed by atoms with Crippen molar-refractivity contribution in [3.8, 4) is 0 Å². The van der Waals surface area contributed by atoms with Gasteiger partial charge in [-0.1, -0.05) is 6.42 Å². The molecule has 1 heterocycles. The van der Waals surface area contributed by atoms with Gasteiger partial charge >= 0.3 is 0 Å². The molecule has 1 aromatic carbocycles. The van der Waals surface area contributed by atoms with Crippen molar-refractivity contribution in [2.45, 2.75) is 32.2 Å². The molecule has 2 N–H and O–H groups in total. The molecule has 0 bridgehead atoms. The second-order valence-electron chi connectivity index (χ2n) is 4.45. The molecule has 17 heavy (non-hydrogen) atoms. The van der Waals surface area contributed by atoms with Crippen molar-refractivity contribution < 1.29 is 9.18 Å². The number of rotatable bonds is 2. The Morgan fingerprint density at radius 1 is 1.47 bits per heavy atom. The summed E-state index contributed by atoms with van der Waals surface area (Å²) in [4.78, 5) is 11.9. The van der Waals surface area contributed by atoms with Crippen LogP contribution in [-0.4, -0.2) is 18.5 Å². The number of benzene rings is 1. The molecule has 0 unspecified atom stereocenters. The zero-order chi connectivity index (χ0) is 12.3. The summed E-state index contributed by atoms with van der Waals surface area (Å²) in [7, 11) is 0.